The van der Waals surface area contributed by atoms with Crippen LogP contribution in [0.4, 0.5) is 10.8 Å². The molecule has 0 radical (unpaired) electrons. The number of nitrogens with zero attached hydrogens (tertiary/aromatic N) is 3. The number of aromatic nitrogens is 1. The predicted molar refractivity (Wildman–Crippen MR) is 166 cm³/mol. The number of hydrogen-bond donors (Lipinski definition) is 1. The molecule has 3 aromatic carbocycles. The fourth-order valence-electron chi connectivity index (χ4n) is 4.61. The van der Waals surface area contributed by atoms with Gasteiger partial charge in [-0.25, -0.2) is 4.98 Å². The Morgan fingerprint density at radius 3 is 2.46 bits per heavy atom. The van der Waals surface area contributed by atoms with Crippen LogP contribution in [0, 0.1) is 0 Å². The second-order valence-corrected chi connectivity index (χ2v) is 11.5. The van der Waals surface area contributed by atoms with Gasteiger partial charge in [0.05, 0.1) is 21.3 Å². The van der Waals surface area contributed by atoms with Crippen LogP contribution < -0.4 is 15.0 Å². The van der Waals surface area contributed by atoms with Gasteiger partial charge in [-0.3, -0.25) is 4.79 Å². The molecule has 206 valence electrons. The highest BCUT2D eigenvalue weighted by Crippen LogP contribution is 2.34. The predicted octanol–water partition coefficient (Wildman–Crippen LogP) is 7.61. The first-order valence-corrected chi connectivity index (χ1v) is 14.2. The van der Waals surface area contributed by atoms with Gasteiger partial charge in [-0.15, -0.1) is 12.4 Å². The first-order chi connectivity index (χ1) is 18.4. The lowest BCUT2D eigenvalue weighted by Crippen LogP contribution is -2.28. The van der Waals surface area contributed by atoms with Gasteiger partial charge in [0.1, 0.15) is 5.75 Å². The van der Waals surface area contributed by atoms with Crippen LogP contribution in [0.2, 0.25) is 5.02 Å². The zero-order chi connectivity index (χ0) is 26.6. The van der Waals surface area contributed by atoms with Crippen molar-refractivity contribution in [2.45, 2.75) is 31.8 Å². The van der Waals surface area contributed by atoms with E-state index in [1.165, 1.54) is 12.8 Å². The van der Waals surface area contributed by atoms with Crippen LogP contribution in [0.1, 0.15) is 36.0 Å². The average Bonchev–Trinajstić information content (AvgIpc) is 3.57. The normalized spacial score (nSPS) is 13.5. The van der Waals surface area contributed by atoms with Gasteiger partial charge in [0.15, 0.2) is 5.13 Å². The SMILES string of the molecule is CN(C)CCN(C)c1nc2ccc(NC(=O)c3ccc(-c4ccc(OC5CCCC5)cc4Cl)cc3)cc2s1.Cl. The molecule has 0 aliphatic heterocycles. The van der Waals surface area contributed by atoms with E-state index in [0.29, 0.717) is 16.7 Å². The quantitative estimate of drug-likeness (QED) is 0.219. The second-order valence-electron chi connectivity index (χ2n) is 10.1. The van der Waals surface area contributed by atoms with Crippen LogP contribution in [-0.4, -0.2) is 56.1 Å². The fraction of sp³-hybridized carbons (Fsp3) is 0.333. The number of rotatable bonds is 9. The maximum absolute atomic E-state index is 13.0. The van der Waals surface area contributed by atoms with Crippen molar-refractivity contribution < 1.29 is 9.53 Å². The lowest BCUT2D eigenvalue weighted by molar-refractivity contribution is 0.102. The zero-order valence-electron chi connectivity index (χ0n) is 22.4. The first-order valence-electron chi connectivity index (χ1n) is 13.0. The largest absolute Gasteiger partial charge is 0.490 e. The number of ether oxygens (including phenoxy) is 1. The van der Waals surface area contributed by atoms with Gasteiger partial charge in [0, 0.05) is 37.0 Å². The molecule has 0 spiro atoms. The highest BCUT2D eigenvalue weighted by molar-refractivity contribution is 7.22. The van der Waals surface area contributed by atoms with Crippen molar-refractivity contribution in [3.63, 3.8) is 0 Å². The molecule has 1 fully saturated rings. The third-order valence-electron chi connectivity index (χ3n) is 6.85. The molecule has 9 heteroatoms. The van der Waals surface area contributed by atoms with E-state index in [0.717, 1.165) is 63.8 Å². The summed E-state index contributed by atoms with van der Waals surface area (Å²) in [7, 11) is 6.18. The molecule has 1 N–H and O–H groups in total. The van der Waals surface area contributed by atoms with Gasteiger partial charge >= 0.3 is 0 Å². The molecule has 4 aromatic rings. The van der Waals surface area contributed by atoms with E-state index in [-0.39, 0.29) is 18.3 Å². The molecule has 5 rings (SSSR count). The minimum absolute atomic E-state index is 0. The van der Waals surface area contributed by atoms with E-state index in [1.54, 1.807) is 11.3 Å². The molecule has 1 aliphatic rings. The number of halogens is 2. The topological polar surface area (TPSA) is 57.7 Å². The molecular weight excluding hydrogens is 551 g/mol. The molecule has 0 unspecified atom stereocenters. The summed E-state index contributed by atoms with van der Waals surface area (Å²) in [5, 5.41) is 4.63. The summed E-state index contributed by atoms with van der Waals surface area (Å²) in [6.45, 7) is 1.86. The molecule has 0 bridgehead atoms. The summed E-state index contributed by atoms with van der Waals surface area (Å²) in [5.74, 6) is 0.655. The van der Waals surface area contributed by atoms with Gasteiger partial charge in [-0.05, 0) is 93.9 Å². The zero-order valence-corrected chi connectivity index (χ0v) is 24.8. The molecule has 1 saturated carbocycles. The molecule has 39 heavy (non-hydrogen) atoms. The van der Waals surface area contributed by atoms with Crippen LogP contribution >= 0.6 is 35.3 Å². The van der Waals surface area contributed by atoms with Crippen LogP contribution in [0.25, 0.3) is 21.3 Å². The smallest absolute Gasteiger partial charge is 0.255 e. The number of carbonyl (C=O) groups is 1. The lowest BCUT2D eigenvalue weighted by Gasteiger charge is -2.18. The highest BCUT2D eigenvalue weighted by atomic mass is 35.5. The third kappa shape index (κ3) is 7.22. The van der Waals surface area contributed by atoms with Crippen molar-refractivity contribution >= 4 is 62.3 Å². The molecule has 1 aliphatic carbocycles. The van der Waals surface area contributed by atoms with Gasteiger partial charge in [-0.2, -0.15) is 0 Å². The number of fused-ring (bicyclic) bond motifs is 1. The number of amides is 1. The Labute approximate surface area is 245 Å². The Bertz CT molecular complexity index is 1420. The number of anilines is 2. The minimum Gasteiger partial charge on any atom is -0.490 e. The minimum atomic E-state index is -0.157. The Hall–Kier alpha value is -2.84. The summed E-state index contributed by atoms with van der Waals surface area (Å²) >= 11 is 8.22. The summed E-state index contributed by atoms with van der Waals surface area (Å²) < 4.78 is 7.11. The van der Waals surface area contributed by atoms with E-state index >= 15 is 0 Å². The summed E-state index contributed by atoms with van der Waals surface area (Å²) in [4.78, 5) is 22.0. The van der Waals surface area contributed by atoms with Crippen molar-refractivity contribution in [2.24, 2.45) is 0 Å². The van der Waals surface area contributed by atoms with E-state index in [1.807, 2.05) is 60.7 Å². The molecule has 6 nitrogen and oxygen atoms in total. The van der Waals surface area contributed by atoms with E-state index < -0.39 is 0 Å². The summed E-state index contributed by atoms with van der Waals surface area (Å²) in [5.41, 5.74) is 4.13. The molecule has 1 heterocycles. The van der Waals surface area contributed by atoms with E-state index in [4.69, 9.17) is 21.3 Å². The van der Waals surface area contributed by atoms with Crippen molar-refractivity contribution in [1.82, 2.24) is 9.88 Å². The van der Waals surface area contributed by atoms with Gasteiger partial charge in [-0.1, -0.05) is 35.1 Å². The van der Waals surface area contributed by atoms with Crippen molar-refractivity contribution in [2.75, 3.05) is 44.4 Å². The molecule has 1 amide bonds. The van der Waals surface area contributed by atoms with E-state index in [9.17, 15) is 4.79 Å². The number of likely N-dealkylation sites (N-methyl/N-ethyl adjacent to an activating group) is 2. The summed E-state index contributed by atoms with van der Waals surface area (Å²) in [6, 6.07) is 19.2. The number of benzene rings is 3. The highest BCUT2D eigenvalue weighted by Gasteiger charge is 2.17. The van der Waals surface area contributed by atoms with Crippen LogP contribution in [0.5, 0.6) is 5.75 Å². The Kier molecular flexibility index (Phi) is 9.72. The molecule has 0 saturated heterocycles. The summed E-state index contributed by atoms with van der Waals surface area (Å²) in [6.07, 6.45) is 4.97. The molecular formula is C30H34Cl2N4O2S. The molecule has 0 atom stereocenters. The number of nitrogens with one attached hydrogen (secondary N) is 1. The standard InChI is InChI=1S/C30H33ClN4O2S.ClH/c1-34(2)16-17-35(3)30-33-27-15-12-22(18-28(27)38-30)32-29(36)21-10-8-20(9-11-21)25-14-13-24(19-26(25)31)37-23-6-4-5-7-23;/h8-15,18-19,23H,4-7,16-17H2,1-3H3,(H,32,36);1H. The second kappa shape index (κ2) is 13.0. The number of carbonyl (C=O) groups excluding carboxylic acids is 1. The lowest BCUT2D eigenvalue weighted by atomic mass is 10.0. The monoisotopic (exact) mass is 584 g/mol. The Morgan fingerprint density at radius 1 is 1.03 bits per heavy atom. The van der Waals surface area contributed by atoms with Gasteiger partial charge in [0.25, 0.3) is 5.91 Å². The van der Waals surface area contributed by atoms with Crippen LogP contribution in [-0.2, 0) is 0 Å². The van der Waals surface area contributed by atoms with Crippen LogP contribution in [0.3, 0.4) is 0 Å². The Morgan fingerprint density at radius 2 is 1.77 bits per heavy atom. The van der Waals surface area contributed by atoms with Crippen LogP contribution in [0.15, 0.2) is 60.7 Å². The Balaban J connectivity index is 0.00000353. The maximum Gasteiger partial charge on any atom is 0.255 e. The van der Waals surface area contributed by atoms with E-state index in [2.05, 4.69) is 36.3 Å². The van der Waals surface area contributed by atoms with Gasteiger partial charge in [0.2, 0.25) is 0 Å². The fourth-order valence-corrected chi connectivity index (χ4v) is 5.88. The van der Waals surface area contributed by atoms with Gasteiger partial charge < -0.3 is 19.9 Å². The third-order valence-corrected chi connectivity index (χ3v) is 8.29. The number of hydrogen-bond acceptors (Lipinski definition) is 6. The maximum atomic E-state index is 13.0. The average molecular weight is 586 g/mol. The first kappa shape index (κ1) is 29.2. The van der Waals surface area contributed by atoms with Crippen molar-refractivity contribution in [3.8, 4) is 16.9 Å². The van der Waals surface area contributed by atoms with Crippen molar-refractivity contribution in [3.05, 3.63) is 71.2 Å². The molecule has 1 aromatic heterocycles. The number of thiazole rings is 1. The van der Waals surface area contributed by atoms with Crippen molar-refractivity contribution in [1.29, 1.82) is 0 Å².